The average molecular weight is 797 g/mol. The number of rotatable bonds is 8. The minimum Gasteiger partial charge on any atom is -0.493 e. The van der Waals surface area contributed by atoms with Crippen LogP contribution in [0.25, 0.3) is 0 Å². The lowest BCUT2D eigenvalue weighted by atomic mass is 10.1. The summed E-state index contributed by atoms with van der Waals surface area (Å²) in [5.41, 5.74) is 21.2. The van der Waals surface area contributed by atoms with Crippen LogP contribution in [0.3, 0.4) is 0 Å². The minimum atomic E-state index is 0.277. The third-order valence-corrected chi connectivity index (χ3v) is 9.77. The van der Waals surface area contributed by atoms with Crippen LogP contribution >= 0.6 is 39.1 Å². The van der Waals surface area contributed by atoms with E-state index in [0.717, 1.165) is 84.3 Å². The van der Waals surface area contributed by atoms with Gasteiger partial charge in [0, 0.05) is 56.8 Å². The smallest absolute Gasteiger partial charge is 0.197 e. The van der Waals surface area contributed by atoms with Crippen LogP contribution in [0.4, 0.5) is 11.4 Å². The highest BCUT2D eigenvalue weighted by molar-refractivity contribution is 9.12. The van der Waals surface area contributed by atoms with Gasteiger partial charge in [-0.1, -0.05) is 35.3 Å². The van der Waals surface area contributed by atoms with Crippen LogP contribution in [0.5, 0.6) is 23.0 Å². The Bertz CT molecular complexity index is 1890. The van der Waals surface area contributed by atoms with Gasteiger partial charge in [0.2, 0.25) is 0 Å². The molecule has 1 heterocycles. The van der Waals surface area contributed by atoms with Crippen LogP contribution in [0.2, 0.25) is 10.0 Å². The zero-order valence-electron chi connectivity index (χ0n) is 28.9. The second kappa shape index (κ2) is 17.2. The van der Waals surface area contributed by atoms with Crippen molar-refractivity contribution in [1.82, 2.24) is 10.2 Å². The Kier molecular flexibility index (Phi) is 12.8. The van der Waals surface area contributed by atoms with E-state index in [-0.39, 0.29) is 6.04 Å². The normalized spacial score (nSPS) is 14.4. The van der Waals surface area contributed by atoms with E-state index in [9.17, 15) is 0 Å². The highest BCUT2D eigenvalue weighted by Crippen LogP contribution is 2.38. The summed E-state index contributed by atoms with van der Waals surface area (Å²) in [5, 5.41) is 12.2. The summed E-state index contributed by atoms with van der Waals surface area (Å²) >= 11 is 14.4. The Labute approximate surface area is 317 Å². The van der Waals surface area contributed by atoms with Gasteiger partial charge in [-0.15, -0.1) is 0 Å². The van der Waals surface area contributed by atoms with E-state index in [4.69, 9.17) is 58.9 Å². The molecular formula is C38H41BrCl2N6O4. The topological polar surface area (TPSA) is 140 Å². The maximum atomic E-state index is 7.24. The lowest BCUT2D eigenvalue weighted by Crippen LogP contribution is -2.46. The molecule has 4 aromatic rings. The molecular weight excluding hydrogens is 755 g/mol. The molecule has 0 spiro atoms. The number of nitrogens with two attached hydrogens (primary N) is 2. The van der Waals surface area contributed by atoms with E-state index in [1.54, 1.807) is 39.5 Å². The molecule has 13 heteroatoms. The number of halogens is 3. The Morgan fingerprint density at radius 2 is 1.24 bits per heavy atom. The van der Waals surface area contributed by atoms with Crippen LogP contribution in [-0.4, -0.2) is 51.4 Å². The van der Waals surface area contributed by atoms with Crippen molar-refractivity contribution in [3.63, 3.8) is 0 Å². The number of guanidine groups is 1. The fourth-order valence-electron chi connectivity index (χ4n) is 6.76. The Morgan fingerprint density at radius 3 is 1.73 bits per heavy atom. The molecule has 0 bridgehead atoms. The fraction of sp³-hybridized carbons (Fsp3) is 0.316. The van der Waals surface area contributed by atoms with Gasteiger partial charge in [0.1, 0.15) is 4.98 Å². The number of ether oxygens (including phenoxy) is 4. The lowest BCUT2D eigenvalue weighted by molar-refractivity contribution is 0.305. The monoisotopic (exact) mass is 794 g/mol. The molecule has 7 rings (SSSR count). The second-order valence-corrected chi connectivity index (χ2v) is 13.5. The van der Waals surface area contributed by atoms with Crippen molar-refractivity contribution in [1.29, 1.82) is 5.26 Å². The number of nitrogens with one attached hydrogen (secondary N) is 1. The van der Waals surface area contributed by atoms with Gasteiger partial charge in [0.05, 0.1) is 34.1 Å². The second-order valence-electron chi connectivity index (χ2n) is 12.3. The fourth-order valence-corrected chi connectivity index (χ4v) is 7.11. The third kappa shape index (κ3) is 8.94. The van der Waals surface area contributed by atoms with Crippen molar-refractivity contribution >= 4 is 56.5 Å². The van der Waals surface area contributed by atoms with Gasteiger partial charge >= 0.3 is 0 Å². The van der Waals surface area contributed by atoms with Gasteiger partial charge in [0.25, 0.3) is 0 Å². The van der Waals surface area contributed by atoms with E-state index >= 15 is 0 Å². The van der Waals surface area contributed by atoms with E-state index in [2.05, 4.69) is 55.4 Å². The number of fused-ring (bicyclic) bond motifs is 3. The first kappa shape index (κ1) is 37.9. The number of aliphatic imine (C=N–C) groups is 1. The predicted octanol–water partition coefficient (Wildman–Crippen LogP) is 7.35. The quantitative estimate of drug-likeness (QED) is 0.156. The molecule has 4 aromatic carbocycles. The highest BCUT2D eigenvalue weighted by atomic mass is 79.9. The van der Waals surface area contributed by atoms with E-state index < -0.39 is 0 Å². The molecule has 0 saturated carbocycles. The first-order chi connectivity index (χ1) is 24.6. The minimum absolute atomic E-state index is 0.277. The van der Waals surface area contributed by atoms with Gasteiger partial charge in [-0.05, 0) is 108 Å². The van der Waals surface area contributed by atoms with E-state index in [1.807, 2.05) is 30.3 Å². The van der Waals surface area contributed by atoms with Crippen molar-refractivity contribution in [3.05, 3.63) is 104 Å². The van der Waals surface area contributed by atoms with Crippen LogP contribution in [-0.2, 0) is 38.8 Å². The zero-order chi connectivity index (χ0) is 36.7. The molecule has 0 radical (unpaired) electrons. The molecule has 0 saturated heterocycles. The number of hydrogen-bond donors (Lipinski definition) is 3. The summed E-state index contributed by atoms with van der Waals surface area (Å²) in [4.78, 5) is 8.29. The SMILES string of the molecule is COc1cc2c(cc1OC)CC(N1Cc3ccc(Cl)cc3N=C1N)C2.COc1cc2c(cc1OC)CC(NCc1ccc(Cl)cc1N)C2.N#CBr. The Balaban J connectivity index is 0.000000184. The molecule has 10 nitrogen and oxygen atoms in total. The molecule has 3 aliphatic rings. The summed E-state index contributed by atoms with van der Waals surface area (Å²) < 4.78 is 21.6. The number of hydrogen-bond acceptors (Lipinski definition) is 10. The van der Waals surface area contributed by atoms with Crippen LogP contribution in [0.1, 0.15) is 33.4 Å². The number of methoxy groups -OCH3 is 4. The van der Waals surface area contributed by atoms with Crippen LogP contribution in [0, 0.1) is 10.2 Å². The maximum Gasteiger partial charge on any atom is 0.197 e. The van der Waals surface area contributed by atoms with Crippen LogP contribution < -0.4 is 35.7 Å². The molecule has 5 N–H and O–H groups in total. The molecule has 0 atom stereocenters. The van der Waals surface area contributed by atoms with Crippen molar-refractivity contribution in [2.75, 3.05) is 34.2 Å². The van der Waals surface area contributed by atoms with Gasteiger partial charge in [-0.2, -0.15) is 5.26 Å². The number of nitrogens with zero attached hydrogens (tertiary/aromatic N) is 3. The zero-order valence-corrected chi connectivity index (χ0v) is 32.0. The van der Waals surface area contributed by atoms with Crippen molar-refractivity contribution in [2.45, 2.75) is 50.9 Å². The third-order valence-electron chi connectivity index (χ3n) is 9.30. The molecule has 2 aliphatic carbocycles. The molecule has 0 fully saturated rings. The van der Waals surface area contributed by atoms with Gasteiger partial charge in [-0.3, -0.25) is 0 Å². The van der Waals surface area contributed by atoms with Gasteiger partial charge in [-0.25, -0.2) is 4.99 Å². The largest absolute Gasteiger partial charge is 0.493 e. The standard InChI is InChI=1S/C19H20ClN3O2.C18H21ClN2O2.CBrN/c1-24-17-7-12-5-15(6-13(12)8-18(17)25-2)23-10-11-3-4-14(20)9-16(11)22-19(23)21;1-22-17-7-12-5-15(6-13(12)8-18(17)23-2)21-10-11-3-4-14(19)9-16(11)20;2-1-3/h3-4,7-9,15H,5-6,10H2,1-2H3,(H2,21,22);3-4,7-9,15,21H,5-6,10,20H2,1-2H3;. The first-order valence-electron chi connectivity index (χ1n) is 16.2. The van der Waals surface area contributed by atoms with Crippen molar-refractivity contribution in [3.8, 4) is 28.0 Å². The number of nitriles is 1. The van der Waals surface area contributed by atoms with Gasteiger partial charge < -0.3 is 40.6 Å². The van der Waals surface area contributed by atoms with E-state index in [0.29, 0.717) is 22.0 Å². The van der Waals surface area contributed by atoms with Crippen molar-refractivity contribution < 1.29 is 18.9 Å². The summed E-state index contributed by atoms with van der Waals surface area (Å²) in [6, 6.07) is 20.4. The summed E-state index contributed by atoms with van der Waals surface area (Å²) in [6.07, 6.45) is 3.77. The van der Waals surface area contributed by atoms with Gasteiger partial charge in [0.15, 0.2) is 29.0 Å². The first-order valence-corrected chi connectivity index (χ1v) is 17.8. The molecule has 268 valence electrons. The van der Waals surface area contributed by atoms with Crippen molar-refractivity contribution in [2.24, 2.45) is 10.7 Å². The number of benzene rings is 4. The van der Waals surface area contributed by atoms with Crippen LogP contribution in [0.15, 0.2) is 65.7 Å². The Hall–Kier alpha value is -4.34. The molecule has 0 aromatic heterocycles. The Morgan fingerprint density at radius 1 is 0.765 bits per heavy atom. The summed E-state index contributed by atoms with van der Waals surface area (Å²) in [6.45, 7) is 1.48. The number of anilines is 1. The lowest BCUT2D eigenvalue weighted by Gasteiger charge is -2.33. The maximum absolute atomic E-state index is 7.24. The predicted molar refractivity (Wildman–Crippen MR) is 207 cm³/mol. The summed E-state index contributed by atoms with van der Waals surface area (Å²) in [7, 11) is 6.65. The molecule has 0 amide bonds. The average Bonchev–Trinajstić information content (AvgIpc) is 3.73. The van der Waals surface area contributed by atoms with E-state index in [1.165, 1.54) is 22.3 Å². The summed E-state index contributed by atoms with van der Waals surface area (Å²) in [5.74, 6) is 3.65. The highest BCUT2D eigenvalue weighted by Gasteiger charge is 2.32. The molecule has 1 aliphatic heterocycles. The molecule has 51 heavy (non-hydrogen) atoms. The number of nitrogen functional groups attached to an aromatic ring is 1. The molecule has 0 unspecified atom stereocenters.